The van der Waals surface area contributed by atoms with Crippen LogP contribution < -0.4 is 5.32 Å². The van der Waals surface area contributed by atoms with Gasteiger partial charge in [0.15, 0.2) is 6.61 Å². The van der Waals surface area contributed by atoms with Gasteiger partial charge in [0.25, 0.3) is 5.91 Å². The summed E-state index contributed by atoms with van der Waals surface area (Å²) in [5.74, 6) is -1.81. The molecule has 0 unspecified atom stereocenters. The fourth-order valence-electron chi connectivity index (χ4n) is 2.38. The van der Waals surface area contributed by atoms with E-state index in [1.165, 1.54) is 12.1 Å². The molecule has 0 fully saturated rings. The van der Waals surface area contributed by atoms with Gasteiger partial charge >= 0.3 is 5.97 Å². The van der Waals surface area contributed by atoms with E-state index in [0.29, 0.717) is 10.2 Å². The Morgan fingerprint density at radius 2 is 1.80 bits per heavy atom. The standard InChI is InChI=1S/C19H13BrFNO3/c20-16-9-8-13(21)10-15(16)19(24)25-11-18(23)22-17-7-3-5-12-4-1-2-6-14(12)17/h1-10H,11H2,(H,22,23). The molecule has 0 aliphatic carbocycles. The number of hydrogen-bond acceptors (Lipinski definition) is 3. The smallest absolute Gasteiger partial charge is 0.339 e. The summed E-state index contributed by atoms with van der Waals surface area (Å²) in [7, 11) is 0. The van der Waals surface area contributed by atoms with E-state index in [0.717, 1.165) is 16.8 Å². The Kier molecular flexibility index (Phi) is 5.09. The Bertz CT molecular complexity index is 953. The van der Waals surface area contributed by atoms with Crippen LogP contribution in [0.3, 0.4) is 0 Å². The van der Waals surface area contributed by atoms with E-state index < -0.39 is 24.3 Å². The van der Waals surface area contributed by atoms with Crippen molar-refractivity contribution in [3.8, 4) is 0 Å². The number of ether oxygens (including phenoxy) is 1. The van der Waals surface area contributed by atoms with Gasteiger partial charge in [-0.2, -0.15) is 0 Å². The number of amides is 1. The van der Waals surface area contributed by atoms with Crippen molar-refractivity contribution in [3.05, 3.63) is 76.5 Å². The van der Waals surface area contributed by atoms with Crippen molar-refractivity contribution >= 4 is 44.3 Å². The predicted molar refractivity (Wildman–Crippen MR) is 97.0 cm³/mol. The summed E-state index contributed by atoms with van der Waals surface area (Å²) in [5.41, 5.74) is 0.657. The van der Waals surface area contributed by atoms with Crippen LogP contribution in [0.25, 0.3) is 10.8 Å². The fraction of sp³-hybridized carbons (Fsp3) is 0.0526. The van der Waals surface area contributed by atoms with Gasteiger partial charge in [0.2, 0.25) is 0 Å². The minimum atomic E-state index is -0.778. The molecule has 126 valence electrons. The molecule has 0 saturated heterocycles. The van der Waals surface area contributed by atoms with Crippen molar-refractivity contribution in [2.75, 3.05) is 11.9 Å². The maximum absolute atomic E-state index is 13.2. The van der Waals surface area contributed by atoms with E-state index in [1.807, 2.05) is 36.4 Å². The van der Waals surface area contributed by atoms with Crippen LogP contribution in [0.15, 0.2) is 65.1 Å². The Balaban J connectivity index is 1.66. The lowest BCUT2D eigenvalue weighted by molar-refractivity contribution is -0.119. The topological polar surface area (TPSA) is 55.4 Å². The van der Waals surface area contributed by atoms with Crippen molar-refractivity contribution in [3.63, 3.8) is 0 Å². The molecular formula is C19H13BrFNO3. The molecule has 25 heavy (non-hydrogen) atoms. The molecule has 0 aliphatic rings. The highest BCUT2D eigenvalue weighted by Crippen LogP contribution is 2.23. The molecule has 0 aromatic heterocycles. The van der Waals surface area contributed by atoms with Crippen LogP contribution in [-0.4, -0.2) is 18.5 Å². The van der Waals surface area contributed by atoms with Gasteiger partial charge in [-0.25, -0.2) is 9.18 Å². The van der Waals surface area contributed by atoms with E-state index >= 15 is 0 Å². The van der Waals surface area contributed by atoms with Gasteiger partial charge in [0.1, 0.15) is 5.82 Å². The van der Waals surface area contributed by atoms with Gasteiger partial charge in [-0.05, 0) is 45.6 Å². The summed E-state index contributed by atoms with van der Waals surface area (Å²) in [6.07, 6.45) is 0. The van der Waals surface area contributed by atoms with Crippen molar-refractivity contribution in [2.24, 2.45) is 0 Å². The van der Waals surface area contributed by atoms with Crippen molar-refractivity contribution in [1.82, 2.24) is 0 Å². The molecule has 0 radical (unpaired) electrons. The zero-order valence-electron chi connectivity index (χ0n) is 13.0. The zero-order valence-corrected chi connectivity index (χ0v) is 14.5. The van der Waals surface area contributed by atoms with E-state index in [1.54, 1.807) is 6.07 Å². The quantitative estimate of drug-likeness (QED) is 0.653. The van der Waals surface area contributed by atoms with E-state index in [2.05, 4.69) is 21.2 Å². The first-order valence-corrected chi connectivity index (χ1v) is 8.23. The molecule has 3 aromatic carbocycles. The van der Waals surface area contributed by atoms with Crippen LogP contribution in [0.4, 0.5) is 10.1 Å². The fourth-order valence-corrected chi connectivity index (χ4v) is 2.79. The molecule has 0 atom stereocenters. The second-order valence-corrected chi connectivity index (χ2v) is 6.13. The van der Waals surface area contributed by atoms with Gasteiger partial charge in [-0.15, -0.1) is 0 Å². The molecule has 4 nitrogen and oxygen atoms in total. The van der Waals surface area contributed by atoms with Crippen LogP contribution in [0.5, 0.6) is 0 Å². The van der Waals surface area contributed by atoms with Crippen LogP contribution in [0.2, 0.25) is 0 Å². The molecule has 1 amide bonds. The van der Waals surface area contributed by atoms with Gasteiger partial charge in [0.05, 0.1) is 5.56 Å². The maximum Gasteiger partial charge on any atom is 0.339 e. The summed E-state index contributed by atoms with van der Waals surface area (Å²) in [4.78, 5) is 24.1. The van der Waals surface area contributed by atoms with Gasteiger partial charge < -0.3 is 10.1 Å². The average molecular weight is 402 g/mol. The maximum atomic E-state index is 13.2. The first-order valence-electron chi connectivity index (χ1n) is 7.44. The van der Waals surface area contributed by atoms with Crippen LogP contribution in [0.1, 0.15) is 10.4 Å². The number of carbonyl (C=O) groups excluding carboxylic acids is 2. The van der Waals surface area contributed by atoms with Gasteiger partial charge in [0, 0.05) is 15.5 Å². The molecule has 0 spiro atoms. The van der Waals surface area contributed by atoms with Crippen LogP contribution in [-0.2, 0) is 9.53 Å². The van der Waals surface area contributed by atoms with E-state index in [9.17, 15) is 14.0 Å². The number of fused-ring (bicyclic) bond motifs is 1. The normalized spacial score (nSPS) is 10.5. The summed E-state index contributed by atoms with van der Waals surface area (Å²) >= 11 is 3.15. The van der Waals surface area contributed by atoms with Crippen molar-refractivity contribution in [2.45, 2.75) is 0 Å². The highest BCUT2D eigenvalue weighted by molar-refractivity contribution is 9.10. The highest BCUT2D eigenvalue weighted by Gasteiger charge is 2.15. The zero-order chi connectivity index (χ0) is 17.8. The van der Waals surface area contributed by atoms with Crippen LogP contribution >= 0.6 is 15.9 Å². The second-order valence-electron chi connectivity index (χ2n) is 5.28. The number of carbonyl (C=O) groups is 2. The molecule has 1 N–H and O–H groups in total. The predicted octanol–water partition coefficient (Wildman–Crippen LogP) is 4.54. The largest absolute Gasteiger partial charge is 0.452 e. The average Bonchev–Trinajstić information content (AvgIpc) is 2.62. The third-order valence-electron chi connectivity index (χ3n) is 3.55. The first kappa shape index (κ1) is 17.1. The molecule has 0 heterocycles. The second kappa shape index (κ2) is 7.44. The minimum Gasteiger partial charge on any atom is -0.452 e. The van der Waals surface area contributed by atoms with Crippen LogP contribution in [0, 0.1) is 5.82 Å². The monoisotopic (exact) mass is 401 g/mol. The molecule has 3 aromatic rings. The third-order valence-corrected chi connectivity index (χ3v) is 4.24. The summed E-state index contributed by atoms with van der Waals surface area (Å²) in [6.45, 7) is -0.467. The molecule has 0 aliphatic heterocycles. The number of benzene rings is 3. The summed E-state index contributed by atoms with van der Waals surface area (Å²) in [6, 6.07) is 16.8. The Labute approximate surface area is 151 Å². The molecule has 0 saturated carbocycles. The Hall–Kier alpha value is -2.73. The van der Waals surface area contributed by atoms with Gasteiger partial charge in [-0.1, -0.05) is 36.4 Å². The Morgan fingerprint density at radius 3 is 2.64 bits per heavy atom. The summed E-state index contributed by atoms with van der Waals surface area (Å²) < 4.78 is 18.6. The lowest BCUT2D eigenvalue weighted by Crippen LogP contribution is -2.21. The number of halogens is 2. The molecular weight excluding hydrogens is 389 g/mol. The lowest BCUT2D eigenvalue weighted by atomic mass is 10.1. The number of rotatable bonds is 4. The number of anilines is 1. The van der Waals surface area contributed by atoms with Crippen molar-refractivity contribution < 1.29 is 18.7 Å². The van der Waals surface area contributed by atoms with Gasteiger partial charge in [-0.3, -0.25) is 4.79 Å². The Morgan fingerprint density at radius 1 is 1.04 bits per heavy atom. The number of esters is 1. The lowest BCUT2D eigenvalue weighted by Gasteiger charge is -2.10. The third kappa shape index (κ3) is 4.03. The SMILES string of the molecule is O=C(COC(=O)c1cc(F)ccc1Br)Nc1cccc2ccccc12. The minimum absolute atomic E-state index is 0.0259. The van der Waals surface area contributed by atoms with E-state index in [-0.39, 0.29) is 5.56 Å². The molecule has 0 bridgehead atoms. The number of nitrogens with one attached hydrogen (secondary N) is 1. The van der Waals surface area contributed by atoms with E-state index in [4.69, 9.17) is 4.74 Å². The first-order chi connectivity index (χ1) is 12.0. The van der Waals surface area contributed by atoms with Crippen molar-refractivity contribution in [1.29, 1.82) is 0 Å². The summed E-state index contributed by atoms with van der Waals surface area (Å²) in [5, 5.41) is 4.59. The number of hydrogen-bond donors (Lipinski definition) is 1. The molecule has 6 heteroatoms. The highest BCUT2D eigenvalue weighted by atomic mass is 79.9. The molecule has 3 rings (SSSR count).